The third kappa shape index (κ3) is 7.37. The fourth-order valence-corrected chi connectivity index (χ4v) is 1.95. The molecule has 1 aliphatic heterocycles. The lowest BCUT2D eigenvalue weighted by molar-refractivity contribution is 0.278. The minimum atomic E-state index is 1.36. The average Bonchev–Trinajstić information content (AvgIpc) is 2.50. The second-order valence-corrected chi connectivity index (χ2v) is 3.96. The van der Waals surface area contributed by atoms with E-state index in [9.17, 15) is 0 Å². The Morgan fingerprint density at radius 3 is 1.93 bits per heavy atom. The van der Waals surface area contributed by atoms with Crippen molar-refractivity contribution in [3.8, 4) is 0 Å². The Bertz CT molecular complexity index is 93.4. The average molecular weight is 199 g/mol. The normalized spacial score (nSPS) is 18.2. The standard InChI is InChI=1S/C11H23N.C2H6/c1-2-3-6-9-12-10-7-4-5-8-11-12;1-2/h2-11H2,1H3;1-2H3. The summed E-state index contributed by atoms with van der Waals surface area (Å²) in [5.41, 5.74) is 0. The lowest BCUT2D eigenvalue weighted by Crippen LogP contribution is -2.25. The van der Waals surface area contributed by atoms with Crippen LogP contribution in [0.2, 0.25) is 0 Å². The summed E-state index contributed by atoms with van der Waals surface area (Å²) in [4.78, 5) is 2.66. The number of likely N-dealkylation sites (tertiary alicyclic amines) is 1. The number of rotatable bonds is 4. The van der Waals surface area contributed by atoms with E-state index in [2.05, 4.69) is 11.8 Å². The van der Waals surface area contributed by atoms with Crippen molar-refractivity contribution in [1.82, 2.24) is 4.90 Å². The topological polar surface area (TPSA) is 3.24 Å². The van der Waals surface area contributed by atoms with Crippen molar-refractivity contribution in [1.29, 1.82) is 0 Å². The van der Waals surface area contributed by atoms with Gasteiger partial charge in [-0.25, -0.2) is 0 Å². The fourth-order valence-electron chi connectivity index (χ4n) is 1.95. The molecule has 1 aliphatic rings. The molecule has 1 nitrogen and oxygen atoms in total. The number of nitrogens with zero attached hydrogens (tertiary/aromatic N) is 1. The number of unbranched alkanes of at least 4 members (excludes halogenated alkanes) is 2. The second kappa shape index (κ2) is 11.0. The first-order chi connectivity index (χ1) is 6.93. The highest BCUT2D eigenvalue weighted by Gasteiger charge is 2.07. The van der Waals surface area contributed by atoms with E-state index in [1.54, 1.807) is 0 Å². The van der Waals surface area contributed by atoms with Crippen LogP contribution in [0.3, 0.4) is 0 Å². The van der Waals surface area contributed by atoms with Crippen molar-refractivity contribution in [2.45, 2.75) is 65.7 Å². The van der Waals surface area contributed by atoms with Crippen LogP contribution in [0.5, 0.6) is 0 Å². The highest BCUT2D eigenvalue weighted by molar-refractivity contribution is 4.62. The molecule has 0 aromatic carbocycles. The minimum absolute atomic E-state index is 1.36. The van der Waals surface area contributed by atoms with E-state index in [0.29, 0.717) is 0 Å². The highest BCUT2D eigenvalue weighted by Crippen LogP contribution is 2.10. The summed E-state index contributed by atoms with van der Waals surface area (Å²) in [6, 6.07) is 0. The molecule has 0 aromatic heterocycles. The summed E-state index contributed by atoms with van der Waals surface area (Å²) in [5, 5.41) is 0. The van der Waals surface area contributed by atoms with E-state index in [-0.39, 0.29) is 0 Å². The van der Waals surface area contributed by atoms with Gasteiger partial charge in [0, 0.05) is 0 Å². The van der Waals surface area contributed by atoms with E-state index >= 15 is 0 Å². The molecule has 1 heterocycles. The van der Waals surface area contributed by atoms with Crippen molar-refractivity contribution in [3.05, 3.63) is 0 Å². The van der Waals surface area contributed by atoms with Crippen LogP contribution in [0, 0.1) is 0 Å². The van der Waals surface area contributed by atoms with Crippen LogP contribution in [0.25, 0.3) is 0 Å². The molecule has 14 heavy (non-hydrogen) atoms. The Hall–Kier alpha value is -0.0400. The third-order valence-corrected chi connectivity index (χ3v) is 2.78. The Labute approximate surface area is 90.9 Å². The molecule has 1 fully saturated rings. The van der Waals surface area contributed by atoms with Crippen LogP contribution >= 0.6 is 0 Å². The Kier molecular flexibility index (Phi) is 11.0. The van der Waals surface area contributed by atoms with Crippen molar-refractivity contribution in [3.63, 3.8) is 0 Å². The lowest BCUT2D eigenvalue weighted by atomic mass is 10.2. The van der Waals surface area contributed by atoms with Gasteiger partial charge in [-0.3, -0.25) is 0 Å². The van der Waals surface area contributed by atoms with Crippen molar-refractivity contribution >= 4 is 0 Å². The maximum Gasteiger partial charge on any atom is -0.00187 e. The van der Waals surface area contributed by atoms with Crippen LogP contribution in [0.4, 0.5) is 0 Å². The zero-order valence-electron chi connectivity index (χ0n) is 10.5. The molecule has 1 rings (SSSR count). The summed E-state index contributed by atoms with van der Waals surface area (Å²) < 4.78 is 0. The number of hydrogen-bond donors (Lipinski definition) is 0. The first-order valence-corrected chi connectivity index (χ1v) is 6.66. The predicted octanol–water partition coefficient (Wildman–Crippen LogP) is 4.08. The van der Waals surface area contributed by atoms with Gasteiger partial charge in [0.25, 0.3) is 0 Å². The highest BCUT2D eigenvalue weighted by atomic mass is 15.1. The molecular formula is C13H29N. The predicted molar refractivity (Wildman–Crippen MR) is 65.8 cm³/mol. The van der Waals surface area contributed by atoms with Crippen LogP contribution in [-0.4, -0.2) is 24.5 Å². The van der Waals surface area contributed by atoms with Gasteiger partial charge in [0.2, 0.25) is 0 Å². The van der Waals surface area contributed by atoms with Gasteiger partial charge >= 0.3 is 0 Å². The summed E-state index contributed by atoms with van der Waals surface area (Å²) in [6.07, 6.45) is 9.98. The molecule has 0 aromatic rings. The summed E-state index contributed by atoms with van der Waals surface area (Å²) in [5.74, 6) is 0. The van der Waals surface area contributed by atoms with Crippen LogP contribution in [0.15, 0.2) is 0 Å². The Morgan fingerprint density at radius 1 is 0.857 bits per heavy atom. The van der Waals surface area contributed by atoms with E-state index in [1.807, 2.05) is 13.8 Å². The molecule has 86 valence electrons. The quantitative estimate of drug-likeness (QED) is 0.617. The molecule has 0 bridgehead atoms. The second-order valence-electron chi connectivity index (χ2n) is 3.96. The van der Waals surface area contributed by atoms with Gasteiger partial charge in [-0.2, -0.15) is 0 Å². The van der Waals surface area contributed by atoms with Crippen LogP contribution in [0.1, 0.15) is 65.7 Å². The minimum Gasteiger partial charge on any atom is -0.303 e. The van der Waals surface area contributed by atoms with Crippen molar-refractivity contribution in [2.24, 2.45) is 0 Å². The summed E-state index contributed by atoms with van der Waals surface area (Å²) >= 11 is 0. The zero-order valence-corrected chi connectivity index (χ0v) is 10.5. The third-order valence-electron chi connectivity index (χ3n) is 2.78. The molecule has 0 aliphatic carbocycles. The van der Waals surface area contributed by atoms with Gasteiger partial charge in [-0.05, 0) is 38.9 Å². The van der Waals surface area contributed by atoms with Gasteiger partial charge in [0.15, 0.2) is 0 Å². The largest absolute Gasteiger partial charge is 0.303 e. The molecule has 0 radical (unpaired) electrons. The molecule has 0 atom stereocenters. The maximum absolute atomic E-state index is 2.66. The molecule has 1 heteroatoms. The van der Waals surface area contributed by atoms with Crippen LogP contribution in [-0.2, 0) is 0 Å². The molecule has 1 saturated heterocycles. The van der Waals surface area contributed by atoms with Gasteiger partial charge in [0.05, 0.1) is 0 Å². The lowest BCUT2D eigenvalue weighted by Gasteiger charge is -2.18. The molecule has 0 saturated carbocycles. The Morgan fingerprint density at radius 2 is 1.43 bits per heavy atom. The molecule has 0 spiro atoms. The monoisotopic (exact) mass is 199 g/mol. The van der Waals surface area contributed by atoms with Crippen molar-refractivity contribution < 1.29 is 0 Å². The van der Waals surface area contributed by atoms with E-state index in [1.165, 1.54) is 64.6 Å². The first kappa shape index (κ1) is 14.0. The van der Waals surface area contributed by atoms with E-state index < -0.39 is 0 Å². The van der Waals surface area contributed by atoms with Crippen LogP contribution < -0.4 is 0 Å². The van der Waals surface area contributed by atoms with Crippen molar-refractivity contribution in [2.75, 3.05) is 19.6 Å². The van der Waals surface area contributed by atoms with Gasteiger partial charge in [-0.15, -0.1) is 0 Å². The van der Waals surface area contributed by atoms with Gasteiger partial charge in [-0.1, -0.05) is 46.5 Å². The SMILES string of the molecule is CC.CCCCCN1CCCCCC1. The summed E-state index contributed by atoms with van der Waals surface area (Å²) in [7, 11) is 0. The van der Waals surface area contributed by atoms with E-state index in [0.717, 1.165) is 0 Å². The molecule has 0 amide bonds. The fraction of sp³-hybridized carbons (Fsp3) is 1.00. The van der Waals surface area contributed by atoms with Gasteiger partial charge < -0.3 is 4.90 Å². The number of hydrogen-bond acceptors (Lipinski definition) is 1. The zero-order chi connectivity index (χ0) is 10.6. The van der Waals surface area contributed by atoms with E-state index in [4.69, 9.17) is 0 Å². The first-order valence-electron chi connectivity index (χ1n) is 6.66. The summed E-state index contributed by atoms with van der Waals surface area (Å²) in [6.45, 7) is 10.4. The van der Waals surface area contributed by atoms with Gasteiger partial charge in [0.1, 0.15) is 0 Å². The smallest absolute Gasteiger partial charge is 0.00187 e. The molecule has 0 N–H and O–H groups in total. The Balaban J connectivity index is 0.000000791. The molecule has 0 unspecified atom stereocenters. The molecular weight excluding hydrogens is 170 g/mol. The maximum atomic E-state index is 2.66.